The fraction of sp³-hybridized carbons (Fsp3) is 0.143. The molecular formula is C14H13BrFNS2. The van der Waals surface area contributed by atoms with Crippen molar-refractivity contribution < 1.29 is 4.39 Å². The van der Waals surface area contributed by atoms with Crippen molar-refractivity contribution in [2.75, 3.05) is 17.2 Å². The van der Waals surface area contributed by atoms with E-state index >= 15 is 0 Å². The van der Waals surface area contributed by atoms with Crippen LogP contribution in [0.15, 0.2) is 56.7 Å². The van der Waals surface area contributed by atoms with Crippen LogP contribution >= 0.6 is 39.5 Å². The number of halogens is 2. The lowest BCUT2D eigenvalue weighted by Gasteiger charge is -2.06. The third kappa shape index (κ3) is 4.75. The summed E-state index contributed by atoms with van der Waals surface area (Å²) in [6, 6.07) is 12.5. The predicted octanol–water partition coefficient (Wildman–Crippen LogP) is 5.05. The van der Waals surface area contributed by atoms with E-state index in [0.29, 0.717) is 0 Å². The Kier molecular flexibility index (Phi) is 5.60. The first-order valence-electron chi connectivity index (χ1n) is 5.71. The number of rotatable bonds is 5. The number of thioether (sulfide) groups is 2. The van der Waals surface area contributed by atoms with Gasteiger partial charge in [0.1, 0.15) is 5.82 Å². The molecule has 0 saturated heterocycles. The maximum Gasteiger partial charge on any atom is 0.123 e. The van der Waals surface area contributed by atoms with Gasteiger partial charge in [-0.05, 0) is 42.5 Å². The molecule has 0 aliphatic heterocycles. The van der Waals surface area contributed by atoms with Crippen LogP contribution in [0.4, 0.5) is 10.1 Å². The zero-order valence-electron chi connectivity index (χ0n) is 10.1. The molecule has 0 saturated carbocycles. The fourth-order valence-corrected chi connectivity index (χ4v) is 3.88. The van der Waals surface area contributed by atoms with Gasteiger partial charge in [0, 0.05) is 31.5 Å². The molecule has 0 aliphatic carbocycles. The van der Waals surface area contributed by atoms with E-state index in [1.54, 1.807) is 35.7 Å². The van der Waals surface area contributed by atoms with Gasteiger partial charge in [0.25, 0.3) is 0 Å². The highest BCUT2D eigenvalue weighted by molar-refractivity contribution is 9.10. The van der Waals surface area contributed by atoms with Crippen LogP contribution in [0.1, 0.15) is 0 Å². The average molecular weight is 358 g/mol. The SMILES string of the molecule is Nc1ccc(Br)cc1SCCSc1ccc(F)cc1. The summed E-state index contributed by atoms with van der Waals surface area (Å²) in [6.45, 7) is 0. The monoisotopic (exact) mass is 357 g/mol. The summed E-state index contributed by atoms with van der Waals surface area (Å²) in [5, 5.41) is 0. The van der Waals surface area contributed by atoms with Gasteiger partial charge in [-0.3, -0.25) is 0 Å². The topological polar surface area (TPSA) is 26.0 Å². The van der Waals surface area contributed by atoms with Crippen molar-refractivity contribution in [3.8, 4) is 0 Å². The first kappa shape index (κ1) is 14.8. The van der Waals surface area contributed by atoms with Crippen molar-refractivity contribution >= 4 is 45.1 Å². The second-order valence-electron chi connectivity index (χ2n) is 3.83. The maximum atomic E-state index is 12.7. The van der Waals surface area contributed by atoms with Crippen LogP contribution in [0.25, 0.3) is 0 Å². The van der Waals surface area contributed by atoms with E-state index in [0.717, 1.165) is 31.5 Å². The van der Waals surface area contributed by atoms with E-state index in [4.69, 9.17) is 5.73 Å². The Morgan fingerprint density at radius 1 is 1.00 bits per heavy atom. The molecule has 100 valence electrons. The van der Waals surface area contributed by atoms with Crippen LogP contribution in [0.5, 0.6) is 0 Å². The molecule has 19 heavy (non-hydrogen) atoms. The van der Waals surface area contributed by atoms with Crippen LogP contribution in [-0.4, -0.2) is 11.5 Å². The zero-order chi connectivity index (χ0) is 13.7. The van der Waals surface area contributed by atoms with Crippen molar-refractivity contribution in [2.45, 2.75) is 9.79 Å². The Morgan fingerprint density at radius 3 is 2.42 bits per heavy atom. The molecule has 2 aromatic rings. The summed E-state index contributed by atoms with van der Waals surface area (Å²) in [5.74, 6) is 1.73. The van der Waals surface area contributed by atoms with Gasteiger partial charge in [0.15, 0.2) is 0 Å². The van der Waals surface area contributed by atoms with Crippen molar-refractivity contribution in [3.05, 3.63) is 52.8 Å². The molecule has 2 rings (SSSR count). The van der Waals surface area contributed by atoms with Crippen molar-refractivity contribution in [1.29, 1.82) is 0 Å². The molecule has 2 N–H and O–H groups in total. The van der Waals surface area contributed by atoms with Gasteiger partial charge in [-0.15, -0.1) is 23.5 Å². The van der Waals surface area contributed by atoms with E-state index in [9.17, 15) is 4.39 Å². The summed E-state index contributed by atoms with van der Waals surface area (Å²) in [7, 11) is 0. The van der Waals surface area contributed by atoms with Crippen LogP contribution in [0, 0.1) is 5.82 Å². The van der Waals surface area contributed by atoms with Crippen LogP contribution in [0.2, 0.25) is 0 Å². The van der Waals surface area contributed by atoms with Crippen molar-refractivity contribution in [2.24, 2.45) is 0 Å². The van der Waals surface area contributed by atoms with Gasteiger partial charge in [-0.1, -0.05) is 15.9 Å². The third-order valence-corrected chi connectivity index (χ3v) is 5.24. The molecule has 0 heterocycles. The zero-order valence-corrected chi connectivity index (χ0v) is 13.3. The van der Waals surface area contributed by atoms with E-state index in [-0.39, 0.29) is 5.82 Å². The highest BCUT2D eigenvalue weighted by atomic mass is 79.9. The highest BCUT2D eigenvalue weighted by Gasteiger charge is 2.01. The molecule has 2 aromatic carbocycles. The summed E-state index contributed by atoms with van der Waals surface area (Å²) >= 11 is 6.89. The molecular weight excluding hydrogens is 345 g/mol. The van der Waals surface area contributed by atoms with Crippen LogP contribution in [-0.2, 0) is 0 Å². The molecule has 0 unspecified atom stereocenters. The van der Waals surface area contributed by atoms with Gasteiger partial charge < -0.3 is 5.73 Å². The molecule has 1 nitrogen and oxygen atoms in total. The minimum absolute atomic E-state index is 0.194. The molecule has 0 atom stereocenters. The largest absolute Gasteiger partial charge is 0.398 e. The standard InChI is InChI=1S/C14H13BrFNS2/c15-10-1-6-13(17)14(9-10)19-8-7-18-12-4-2-11(16)3-5-12/h1-6,9H,7-8,17H2. The summed E-state index contributed by atoms with van der Waals surface area (Å²) in [6.07, 6.45) is 0. The summed E-state index contributed by atoms with van der Waals surface area (Å²) in [5.41, 5.74) is 6.71. The Balaban J connectivity index is 1.80. The average Bonchev–Trinajstić information content (AvgIpc) is 2.40. The predicted molar refractivity (Wildman–Crippen MR) is 86.4 cm³/mol. The minimum atomic E-state index is -0.194. The Labute approximate surface area is 129 Å². The number of benzene rings is 2. The highest BCUT2D eigenvalue weighted by Crippen LogP contribution is 2.29. The molecule has 0 amide bonds. The summed E-state index contributed by atoms with van der Waals surface area (Å²) < 4.78 is 13.8. The number of hydrogen-bond acceptors (Lipinski definition) is 3. The van der Waals surface area contributed by atoms with Crippen molar-refractivity contribution in [3.63, 3.8) is 0 Å². The molecule has 0 aliphatic rings. The van der Waals surface area contributed by atoms with E-state index in [1.165, 1.54) is 12.1 Å². The number of anilines is 1. The van der Waals surface area contributed by atoms with E-state index < -0.39 is 0 Å². The lowest BCUT2D eigenvalue weighted by molar-refractivity contribution is 0.626. The molecule has 5 heteroatoms. The maximum absolute atomic E-state index is 12.7. The molecule has 0 fully saturated rings. The van der Waals surface area contributed by atoms with Gasteiger partial charge in [-0.2, -0.15) is 0 Å². The normalized spacial score (nSPS) is 10.6. The molecule has 0 aromatic heterocycles. The fourth-order valence-electron chi connectivity index (χ4n) is 1.48. The number of hydrogen-bond donors (Lipinski definition) is 1. The lowest BCUT2D eigenvalue weighted by atomic mass is 10.3. The summed E-state index contributed by atoms with van der Waals surface area (Å²) in [4.78, 5) is 2.18. The molecule has 0 bridgehead atoms. The first-order chi connectivity index (χ1) is 9.15. The van der Waals surface area contributed by atoms with Gasteiger partial charge >= 0.3 is 0 Å². The second-order valence-corrected chi connectivity index (χ2v) is 7.05. The third-order valence-electron chi connectivity index (χ3n) is 2.40. The van der Waals surface area contributed by atoms with E-state index in [1.807, 2.05) is 18.2 Å². The van der Waals surface area contributed by atoms with Crippen LogP contribution in [0.3, 0.4) is 0 Å². The van der Waals surface area contributed by atoms with Crippen molar-refractivity contribution in [1.82, 2.24) is 0 Å². The number of nitrogen functional groups attached to an aromatic ring is 1. The Hall–Kier alpha value is -0.650. The van der Waals surface area contributed by atoms with Gasteiger partial charge in [-0.25, -0.2) is 4.39 Å². The Morgan fingerprint density at radius 2 is 1.68 bits per heavy atom. The van der Waals surface area contributed by atoms with Gasteiger partial charge in [0.2, 0.25) is 0 Å². The molecule has 0 radical (unpaired) electrons. The second kappa shape index (κ2) is 7.22. The van der Waals surface area contributed by atoms with Crippen LogP contribution < -0.4 is 5.73 Å². The number of nitrogens with two attached hydrogens (primary N) is 1. The minimum Gasteiger partial charge on any atom is -0.398 e. The molecule has 0 spiro atoms. The lowest BCUT2D eigenvalue weighted by Crippen LogP contribution is -1.90. The first-order valence-corrected chi connectivity index (χ1v) is 8.48. The Bertz CT molecular complexity index is 546. The quantitative estimate of drug-likeness (QED) is 0.460. The smallest absolute Gasteiger partial charge is 0.123 e. The van der Waals surface area contributed by atoms with E-state index in [2.05, 4.69) is 15.9 Å². The van der Waals surface area contributed by atoms with Gasteiger partial charge in [0.05, 0.1) is 0 Å².